The topological polar surface area (TPSA) is 68.6 Å². The van der Waals surface area contributed by atoms with Gasteiger partial charge in [0.1, 0.15) is 5.75 Å². The van der Waals surface area contributed by atoms with E-state index < -0.39 is 0 Å². The van der Waals surface area contributed by atoms with E-state index in [9.17, 15) is 4.79 Å². The molecule has 0 radical (unpaired) electrons. The molecule has 166 valence electrons. The SMILES string of the molecule is COc1cccc(NC(=O)N2C[C@H]3C[C@H](OCC4CC4)[C@@H](n4cc(C)cn4)C[C@H]3C2)c1. The molecule has 1 aromatic carbocycles. The molecule has 7 heteroatoms. The second-order valence-electron chi connectivity index (χ2n) is 9.44. The van der Waals surface area contributed by atoms with Crippen molar-refractivity contribution < 1.29 is 14.3 Å². The van der Waals surface area contributed by atoms with Gasteiger partial charge in [-0.3, -0.25) is 4.68 Å². The van der Waals surface area contributed by atoms with E-state index in [0.29, 0.717) is 11.8 Å². The predicted octanol–water partition coefficient (Wildman–Crippen LogP) is 4.11. The van der Waals surface area contributed by atoms with Crippen molar-refractivity contribution in [3.8, 4) is 5.75 Å². The lowest BCUT2D eigenvalue weighted by Crippen LogP contribution is -2.38. The lowest BCUT2D eigenvalue weighted by molar-refractivity contribution is -0.0371. The third-order valence-electron chi connectivity index (χ3n) is 7.01. The van der Waals surface area contributed by atoms with Crippen LogP contribution in [-0.2, 0) is 4.74 Å². The Hall–Kier alpha value is -2.54. The van der Waals surface area contributed by atoms with E-state index in [0.717, 1.165) is 49.9 Å². The third-order valence-corrected chi connectivity index (χ3v) is 7.01. The average Bonchev–Trinajstić information content (AvgIpc) is 3.35. The molecule has 5 rings (SSSR count). The highest BCUT2D eigenvalue weighted by atomic mass is 16.5. The Bertz CT molecular complexity index is 925. The van der Waals surface area contributed by atoms with Gasteiger partial charge < -0.3 is 19.7 Å². The van der Waals surface area contributed by atoms with Gasteiger partial charge >= 0.3 is 6.03 Å². The molecule has 0 unspecified atom stereocenters. The fraction of sp³-hybridized carbons (Fsp3) is 0.583. The molecular weight excluding hydrogens is 392 g/mol. The van der Waals surface area contributed by atoms with Gasteiger partial charge in [0.15, 0.2) is 0 Å². The lowest BCUT2D eigenvalue weighted by Gasteiger charge is -2.37. The molecule has 2 heterocycles. The van der Waals surface area contributed by atoms with E-state index in [2.05, 4.69) is 28.2 Å². The minimum atomic E-state index is -0.0374. The van der Waals surface area contributed by atoms with Crippen LogP contribution < -0.4 is 10.1 Å². The van der Waals surface area contributed by atoms with E-state index in [4.69, 9.17) is 9.47 Å². The number of urea groups is 1. The van der Waals surface area contributed by atoms with E-state index in [1.54, 1.807) is 7.11 Å². The highest BCUT2D eigenvalue weighted by Crippen LogP contribution is 2.43. The van der Waals surface area contributed by atoms with Crippen molar-refractivity contribution in [1.82, 2.24) is 14.7 Å². The Balaban J connectivity index is 1.26. The average molecular weight is 425 g/mol. The summed E-state index contributed by atoms with van der Waals surface area (Å²) in [6.07, 6.45) is 8.80. The number of aromatic nitrogens is 2. The van der Waals surface area contributed by atoms with Crippen LogP contribution in [0.2, 0.25) is 0 Å². The number of nitrogens with one attached hydrogen (secondary N) is 1. The monoisotopic (exact) mass is 424 g/mol. The predicted molar refractivity (Wildman–Crippen MR) is 118 cm³/mol. The molecule has 0 spiro atoms. The number of carbonyl (C=O) groups is 1. The van der Waals surface area contributed by atoms with Crippen molar-refractivity contribution in [2.75, 3.05) is 32.1 Å². The second kappa shape index (κ2) is 8.54. The summed E-state index contributed by atoms with van der Waals surface area (Å²) < 4.78 is 13.8. The number of amides is 2. The molecule has 2 aliphatic carbocycles. The van der Waals surface area contributed by atoms with Gasteiger partial charge in [-0.2, -0.15) is 5.10 Å². The molecular formula is C24H32N4O3. The number of nitrogens with zero attached hydrogens (tertiary/aromatic N) is 3. The number of ether oxygens (including phenoxy) is 2. The van der Waals surface area contributed by atoms with Crippen molar-refractivity contribution in [1.29, 1.82) is 0 Å². The number of hydrogen-bond acceptors (Lipinski definition) is 4. The second-order valence-corrected chi connectivity index (χ2v) is 9.44. The summed E-state index contributed by atoms with van der Waals surface area (Å²) in [4.78, 5) is 14.9. The third kappa shape index (κ3) is 4.56. The summed E-state index contributed by atoms with van der Waals surface area (Å²) in [5, 5.41) is 7.64. The zero-order valence-corrected chi connectivity index (χ0v) is 18.4. The molecule has 7 nitrogen and oxygen atoms in total. The van der Waals surface area contributed by atoms with E-state index in [-0.39, 0.29) is 18.2 Å². The van der Waals surface area contributed by atoms with Crippen molar-refractivity contribution >= 4 is 11.7 Å². The largest absolute Gasteiger partial charge is 0.497 e. The van der Waals surface area contributed by atoms with Gasteiger partial charge in [0.2, 0.25) is 0 Å². The van der Waals surface area contributed by atoms with Gasteiger partial charge in [-0.25, -0.2) is 4.79 Å². The summed E-state index contributed by atoms with van der Waals surface area (Å²) in [5.41, 5.74) is 1.93. The van der Waals surface area contributed by atoms with Gasteiger partial charge in [0, 0.05) is 37.6 Å². The van der Waals surface area contributed by atoms with E-state index in [1.807, 2.05) is 35.4 Å². The summed E-state index contributed by atoms with van der Waals surface area (Å²) >= 11 is 0. The Morgan fingerprint density at radius 3 is 2.74 bits per heavy atom. The zero-order chi connectivity index (χ0) is 21.4. The standard InChI is InChI=1S/C24H32N4O3/c1-16-11-25-28(12-16)22-8-18-13-27(14-19(18)9-23(22)31-15-17-6-7-17)24(29)26-20-4-3-5-21(10-20)30-2/h3-5,10-12,17-19,22-23H,6-9,13-15H2,1-2H3,(H,26,29)/t18-,19+,22-,23-/m0/s1. The molecule has 4 atom stereocenters. The van der Waals surface area contributed by atoms with Crippen LogP contribution in [0.1, 0.15) is 37.3 Å². The number of anilines is 1. The maximum absolute atomic E-state index is 12.9. The molecule has 1 saturated heterocycles. The number of aryl methyl sites for hydroxylation is 1. The van der Waals surface area contributed by atoms with Crippen LogP contribution in [0.3, 0.4) is 0 Å². The van der Waals surface area contributed by atoms with Gasteiger partial charge in [-0.05, 0) is 68.1 Å². The highest BCUT2D eigenvalue weighted by molar-refractivity contribution is 5.89. The van der Waals surface area contributed by atoms with Crippen LogP contribution in [0, 0.1) is 24.7 Å². The summed E-state index contributed by atoms with van der Waals surface area (Å²) in [5.74, 6) is 2.44. The maximum Gasteiger partial charge on any atom is 0.321 e. The molecule has 0 bridgehead atoms. The molecule has 1 aromatic heterocycles. The number of hydrogen-bond donors (Lipinski definition) is 1. The highest BCUT2D eigenvalue weighted by Gasteiger charge is 2.45. The molecule has 2 amide bonds. The van der Waals surface area contributed by atoms with Crippen molar-refractivity contribution in [2.45, 2.75) is 44.8 Å². The van der Waals surface area contributed by atoms with Gasteiger partial charge in [0.05, 0.1) is 25.5 Å². The number of rotatable bonds is 6. The maximum atomic E-state index is 12.9. The number of fused-ring (bicyclic) bond motifs is 1. The molecule has 1 N–H and O–H groups in total. The normalized spacial score (nSPS) is 27.7. The van der Waals surface area contributed by atoms with Gasteiger partial charge in [0.25, 0.3) is 0 Å². The Kier molecular flexibility index (Phi) is 5.61. The summed E-state index contributed by atoms with van der Waals surface area (Å²) in [6, 6.07) is 7.70. The summed E-state index contributed by atoms with van der Waals surface area (Å²) in [7, 11) is 1.63. The molecule has 2 saturated carbocycles. The molecule has 2 aromatic rings. The first-order valence-corrected chi connectivity index (χ1v) is 11.4. The minimum absolute atomic E-state index is 0.0374. The number of methoxy groups -OCH3 is 1. The Labute approximate surface area is 183 Å². The zero-order valence-electron chi connectivity index (χ0n) is 18.4. The first-order chi connectivity index (χ1) is 15.1. The van der Waals surface area contributed by atoms with Crippen LogP contribution in [0.4, 0.5) is 10.5 Å². The quantitative estimate of drug-likeness (QED) is 0.758. The van der Waals surface area contributed by atoms with Crippen LogP contribution in [-0.4, -0.2) is 53.6 Å². The van der Waals surface area contributed by atoms with Gasteiger partial charge in [-0.15, -0.1) is 0 Å². The molecule has 1 aliphatic heterocycles. The first-order valence-electron chi connectivity index (χ1n) is 11.4. The fourth-order valence-electron chi connectivity index (χ4n) is 5.08. The molecule has 3 fully saturated rings. The Morgan fingerprint density at radius 1 is 1.23 bits per heavy atom. The van der Waals surface area contributed by atoms with Crippen molar-refractivity contribution in [3.63, 3.8) is 0 Å². The van der Waals surface area contributed by atoms with Crippen LogP contribution in [0.15, 0.2) is 36.7 Å². The molecule has 3 aliphatic rings. The lowest BCUT2D eigenvalue weighted by atomic mass is 9.77. The van der Waals surface area contributed by atoms with Crippen LogP contribution in [0.5, 0.6) is 5.75 Å². The number of benzene rings is 1. The fourth-order valence-corrected chi connectivity index (χ4v) is 5.08. The van der Waals surface area contributed by atoms with E-state index >= 15 is 0 Å². The van der Waals surface area contributed by atoms with Gasteiger partial charge in [-0.1, -0.05) is 6.07 Å². The summed E-state index contributed by atoms with van der Waals surface area (Å²) in [6.45, 7) is 4.51. The van der Waals surface area contributed by atoms with E-state index in [1.165, 1.54) is 18.4 Å². The Morgan fingerprint density at radius 2 is 2.03 bits per heavy atom. The number of likely N-dealkylation sites (tertiary alicyclic amines) is 1. The van der Waals surface area contributed by atoms with Crippen molar-refractivity contribution in [3.05, 3.63) is 42.2 Å². The molecule has 31 heavy (non-hydrogen) atoms. The number of carbonyl (C=O) groups excluding carboxylic acids is 1. The first kappa shape index (κ1) is 20.4. The van der Waals surface area contributed by atoms with Crippen LogP contribution >= 0.6 is 0 Å². The van der Waals surface area contributed by atoms with Crippen molar-refractivity contribution in [2.24, 2.45) is 17.8 Å². The smallest absolute Gasteiger partial charge is 0.321 e. The van der Waals surface area contributed by atoms with Crippen LogP contribution in [0.25, 0.3) is 0 Å². The minimum Gasteiger partial charge on any atom is -0.497 e.